The van der Waals surface area contributed by atoms with Crippen LogP contribution in [0.3, 0.4) is 0 Å². The van der Waals surface area contributed by atoms with Crippen LogP contribution in [0.15, 0.2) is 24.5 Å². The second kappa shape index (κ2) is 7.39. The predicted molar refractivity (Wildman–Crippen MR) is 80.2 cm³/mol. The molecule has 0 bridgehead atoms. The van der Waals surface area contributed by atoms with Gasteiger partial charge in [-0.15, -0.1) is 0 Å². The lowest BCUT2D eigenvalue weighted by atomic mass is 9.90. The second-order valence-electron chi connectivity index (χ2n) is 5.61. The molecule has 2 N–H and O–H groups in total. The van der Waals surface area contributed by atoms with E-state index in [-0.39, 0.29) is 5.91 Å². The van der Waals surface area contributed by atoms with E-state index in [1.807, 2.05) is 23.2 Å². The zero-order valence-corrected chi connectivity index (χ0v) is 12.3. The van der Waals surface area contributed by atoms with Crippen molar-refractivity contribution in [1.29, 1.82) is 0 Å². The number of nitrogens with two attached hydrogens (primary N) is 1. The van der Waals surface area contributed by atoms with Crippen LogP contribution in [-0.2, 0) is 11.2 Å². The maximum atomic E-state index is 12.4. The average molecular weight is 275 g/mol. The first kappa shape index (κ1) is 15.0. The molecule has 1 aromatic rings. The molecule has 1 aliphatic rings. The van der Waals surface area contributed by atoms with Crippen LogP contribution in [0.1, 0.15) is 44.6 Å². The molecule has 0 aromatic carbocycles. The van der Waals surface area contributed by atoms with Crippen molar-refractivity contribution < 1.29 is 4.79 Å². The highest BCUT2D eigenvalue weighted by atomic mass is 16.2. The van der Waals surface area contributed by atoms with E-state index >= 15 is 0 Å². The van der Waals surface area contributed by atoms with Gasteiger partial charge in [-0.05, 0) is 50.7 Å². The molecule has 1 amide bonds. The topological polar surface area (TPSA) is 59.2 Å². The molecule has 1 aliphatic carbocycles. The van der Waals surface area contributed by atoms with Crippen molar-refractivity contribution >= 4 is 5.91 Å². The van der Waals surface area contributed by atoms with Gasteiger partial charge in [0.05, 0.1) is 0 Å². The van der Waals surface area contributed by atoms with Gasteiger partial charge in [0.15, 0.2) is 0 Å². The molecule has 0 saturated heterocycles. The summed E-state index contributed by atoms with van der Waals surface area (Å²) in [5, 5.41) is 0. The minimum atomic E-state index is 0.261. The molecule has 0 aliphatic heterocycles. The van der Waals surface area contributed by atoms with Crippen molar-refractivity contribution in [2.75, 3.05) is 6.54 Å². The third-order valence-electron chi connectivity index (χ3n) is 4.19. The number of rotatable bonds is 5. The maximum Gasteiger partial charge on any atom is 0.223 e. The van der Waals surface area contributed by atoms with Crippen molar-refractivity contribution in [2.45, 2.75) is 57.5 Å². The van der Waals surface area contributed by atoms with Gasteiger partial charge >= 0.3 is 0 Å². The number of pyridine rings is 1. The largest absolute Gasteiger partial charge is 0.340 e. The fraction of sp³-hybridized carbons (Fsp3) is 0.625. The van der Waals surface area contributed by atoms with Gasteiger partial charge in [0.1, 0.15) is 0 Å². The standard InChI is InChI=1S/C16H25N3O/c1-2-19(15-8-6-14(17)7-9-15)16(20)10-5-13-4-3-11-18-12-13/h3-4,11-12,14-15H,2,5-10,17H2,1H3. The van der Waals surface area contributed by atoms with Crippen LogP contribution in [-0.4, -0.2) is 34.4 Å². The van der Waals surface area contributed by atoms with E-state index in [0.717, 1.165) is 44.2 Å². The summed E-state index contributed by atoms with van der Waals surface area (Å²) in [6.07, 6.45) is 9.12. The van der Waals surface area contributed by atoms with E-state index in [1.54, 1.807) is 6.20 Å². The Bertz CT molecular complexity index is 413. The van der Waals surface area contributed by atoms with Gasteiger partial charge in [-0.25, -0.2) is 0 Å². The molecule has 0 atom stereocenters. The summed E-state index contributed by atoms with van der Waals surface area (Å²) >= 11 is 0. The summed E-state index contributed by atoms with van der Waals surface area (Å²) < 4.78 is 0. The third kappa shape index (κ3) is 4.04. The van der Waals surface area contributed by atoms with Crippen LogP contribution in [0.5, 0.6) is 0 Å². The lowest BCUT2D eigenvalue weighted by Crippen LogP contribution is -2.44. The lowest BCUT2D eigenvalue weighted by molar-refractivity contribution is -0.134. The smallest absolute Gasteiger partial charge is 0.223 e. The van der Waals surface area contributed by atoms with Gasteiger partial charge in [-0.3, -0.25) is 9.78 Å². The van der Waals surface area contributed by atoms with Crippen molar-refractivity contribution in [2.24, 2.45) is 5.73 Å². The van der Waals surface area contributed by atoms with Crippen LogP contribution in [0.4, 0.5) is 0 Å². The summed E-state index contributed by atoms with van der Waals surface area (Å²) in [6, 6.07) is 4.66. The van der Waals surface area contributed by atoms with Gasteiger partial charge in [0.2, 0.25) is 5.91 Å². The molecular formula is C16H25N3O. The normalized spacial score (nSPS) is 22.5. The van der Waals surface area contributed by atoms with Gasteiger partial charge in [0, 0.05) is 37.4 Å². The summed E-state index contributed by atoms with van der Waals surface area (Å²) in [5.41, 5.74) is 7.07. The number of carbonyl (C=O) groups excluding carboxylic acids is 1. The minimum Gasteiger partial charge on any atom is -0.340 e. The van der Waals surface area contributed by atoms with E-state index in [9.17, 15) is 4.79 Å². The number of aryl methyl sites for hydroxylation is 1. The first-order valence-corrected chi connectivity index (χ1v) is 7.64. The molecule has 1 heterocycles. The molecular weight excluding hydrogens is 250 g/mol. The Kier molecular flexibility index (Phi) is 5.53. The van der Waals surface area contributed by atoms with Crippen molar-refractivity contribution in [3.63, 3.8) is 0 Å². The quantitative estimate of drug-likeness (QED) is 0.895. The number of amides is 1. The lowest BCUT2D eigenvalue weighted by Gasteiger charge is -2.35. The fourth-order valence-electron chi connectivity index (χ4n) is 2.99. The predicted octanol–water partition coefficient (Wildman–Crippen LogP) is 2.13. The highest BCUT2D eigenvalue weighted by Crippen LogP contribution is 2.22. The molecule has 110 valence electrons. The molecule has 4 heteroatoms. The van der Waals surface area contributed by atoms with Gasteiger partial charge in [-0.2, -0.15) is 0 Å². The fourth-order valence-corrected chi connectivity index (χ4v) is 2.99. The number of aromatic nitrogens is 1. The monoisotopic (exact) mass is 275 g/mol. The Morgan fingerprint density at radius 2 is 2.15 bits per heavy atom. The number of nitrogens with zero attached hydrogens (tertiary/aromatic N) is 2. The molecule has 20 heavy (non-hydrogen) atoms. The minimum absolute atomic E-state index is 0.261. The van der Waals surface area contributed by atoms with Crippen LogP contribution in [0, 0.1) is 0 Å². The SMILES string of the molecule is CCN(C(=O)CCc1cccnc1)C1CCC(N)CC1. The van der Waals surface area contributed by atoms with Gasteiger partial charge in [-0.1, -0.05) is 6.07 Å². The zero-order chi connectivity index (χ0) is 14.4. The molecule has 1 aromatic heterocycles. The summed E-state index contributed by atoms with van der Waals surface area (Å²) in [5.74, 6) is 0.261. The number of carbonyl (C=O) groups is 1. The number of hydrogen-bond donors (Lipinski definition) is 1. The van der Waals surface area contributed by atoms with E-state index in [4.69, 9.17) is 5.73 Å². The number of hydrogen-bond acceptors (Lipinski definition) is 3. The summed E-state index contributed by atoms with van der Waals surface area (Å²) in [7, 11) is 0. The van der Waals surface area contributed by atoms with E-state index in [1.165, 1.54) is 0 Å². The Balaban J connectivity index is 1.86. The van der Waals surface area contributed by atoms with Crippen molar-refractivity contribution in [1.82, 2.24) is 9.88 Å². The van der Waals surface area contributed by atoms with Crippen molar-refractivity contribution in [3.05, 3.63) is 30.1 Å². The molecule has 2 rings (SSSR count). The Hall–Kier alpha value is -1.42. The highest BCUT2D eigenvalue weighted by molar-refractivity contribution is 5.76. The highest BCUT2D eigenvalue weighted by Gasteiger charge is 2.26. The molecule has 0 spiro atoms. The van der Waals surface area contributed by atoms with E-state index in [0.29, 0.717) is 18.5 Å². The molecule has 0 radical (unpaired) electrons. The van der Waals surface area contributed by atoms with Gasteiger partial charge in [0.25, 0.3) is 0 Å². The second-order valence-corrected chi connectivity index (χ2v) is 5.61. The maximum absolute atomic E-state index is 12.4. The first-order chi connectivity index (χ1) is 9.70. The van der Waals surface area contributed by atoms with E-state index in [2.05, 4.69) is 11.9 Å². The zero-order valence-electron chi connectivity index (χ0n) is 12.3. The Labute approximate surface area is 121 Å². The molecule has 0 unspecified atom stereocenters. The van der Waals surface area contributed by atoms with E-state index < -0.39 is 0 Å². The first-order valence-electron chi connectivity index (χ1n) is 7.64. The van der Waals surface area contributed by atoms with Crippen molar-refractivity contribution in [3.8, 4) is 0 Å². The van der Waals surface area contributed by atoms with Gasteiger partial charge < -0.3 is 10.6 Å². The molecule has 1 fully saturated rings. The van der Waals surface area contributed by atoms with Crippen LogP contribution >= 0.6 is 0 Å². The average Bonchev–Trinajstić information content (AvgIpc) is 2.49. The van der Waals surface area contributed by atoms with Crippen LogP contribution in [0.2, 0.25) is 0 Å². The third-order valence-corrected chi connectivity index (χ3v) is 4.19. The summed E-state index contributed by atoms with van der Waals surface area (Å²) in [4.78, 5) is 18.5. The Morgan fingerprint density at radius 3 is 2.75 bits per heavy atom. The molecule has 1 saturated carbocycles. The summed E-state index contributed by atoms with van der Waals surface area (Å²) in [6.45, 7) is 2.86. The van der Waals surface area contributed by atoms with Crippen LogP contribution in [0.25, 0.3) is 0 Å². The van der Waals surface area contributed by atoms with Crippen LogP contribution < -0.4 is 5.73 Å². The Morgan fingerprint density at radius 1 is 1.40 bits per heavy atom. The molecule has 4 nitrogen and oxygen atoms in total.